The van der Waals surface area contributed by atoms with Crippen molar-refractivity contribution in [1.82, 2.24) is 4.90 Å². The summed E-state index contributed by atoms with van der Waals surface area (Å²) >= 11 is 16.4. The van der Waals surface area contributed by atoms with Gasteiger partial charge in [0.2, 0.25) is 9.70 Å². The first-order chi connectivity index (χ1) is 9.64. The van der Waals surface area contributed by atoms with Crippen molar-refractivity contribution in [2.75, 3.05) is 20.8 Å². The summed E-state index contributed by atoms with van der Waals surface area (Å²) in [4.78, 5) is 24.7. The zero-order chi connectivity index (χ0) is 16.3. The van der Waals surface area contributed by atoms with Crippen molar-refractivity contribution < 1.29 is 27.9 Å². The second-order valence-electron chi connectivity index (χ2n) is 4.21. The molecule has 0 radical (unpaired) electrons. The lowest BCUT2D eigenvalue weighted by molar-refractivity contribution is -0.132. The van der Waals surface area contributed by atoms with E-state index in [2.05, 4.69) is 0 Å². The van der Waals surface area contributed by atoms with E-state index >= 15 is 0 Å². The molecule has 1 saturated heterocycles. The number of carbonyl (C=O) groups excluding carboxylic acids is 2. The minimum absolute atomic E-state index is 0.118. The number of alkyl halides is 3. The third-order valence-electron chi connectivity index (χ3n) is 2.85. The summed E-state index contributed by atoms with van der Waals surface area (Å²) in [6, 6.07) is 0. The Balaban J connectivity index is 2.94. The molecule has 0 aliphatic carbocycles. The quantitative estimate of drug-likeness (QED) is 0.548. The number of amides is 2. The number of hydrogen-bond acceptors (Lipinski definition) is 6. The number of rotatable bonds is 4. The first-order valence-corrected chi connectivity index (χ1v) is 8.66. The van der Waals surface area contributed by atoms with Crippen molar-refractivity contribution in [3.8, 4) is 0 Å². The van der Waals surface area contributed by atoms with E-state index in [0.29, 0.717) is 11.3 Å². The molecule has 0 saturated carbocycles. The van der Waals surface area contributed by atoms with Crippen LogP contribution in [0.1, 0.15) is 19.3 Å². The average Bonchev–Trinajstić information content (AvgIpc) is 2.43. The van der Waals surface area contributed by atoms with E-state index in [9.17, 15) is 14.2 Å². The van der Waals surface area contributed by atoms with Crippen LogP contribution in [0.4, 0.5) is 4.79 Å². The Kier molecular flexibility index (Phi) is 6.78. The molecule has 0 bridgehead atoms. The van der Waals surface area contributed by atoms with E-state index in [-0.39, 0.29) is 12.8 Å². The first-order valence-electron chi connectivity index (χ1n) is 5.91. The molecule has 7 nitrogen and oxygen atoms in total. The van der Waals surface area contributed by atoms with Crippen LogP contribution in [0.25, 0.3) is 0 Å². The number of piperidine rings is 1. The smallest absolute Gasteiger partial charge is 0.417 e. The molecule has 1 unspecified atom stereocenters. The highest BCUT2D eigenvalue weighted by Gasteiger charge is 2.47. The Bertz CT molecular complexity index is 447. The van der Waals surface area contributed by atoms with Crippen molar-refractivity contribution in [2.24, 2.45) is 0 Å². The van der Waals surface area contributed by atoms with Crippen molar-refractivity contribution in [3.05, 3.63) is 0 Å². The normalized spacial score (nSPS) is 20.5. The van der Waals surface area contributed by atoms with E-state index in [4.69, 9.17) is 48.6 Å². The van der Waals surface area contributed by atoms with E-state index in [1.165, 1.54) is 14.2 Å². The maximum atomic E-state index is 12.4. The second-order valence-corrected chi connectivity index (χ2v) is 9.13. The lowest BCUT2D eigenvalue weighted by Gasteiger charge is -2.35. The van der Waals surface area contributed by atoms with Gasteiger partial charge in [0, 0.05) is 20.6 Å². The van der Waals surface area contributed by atoms with Gasteiger partial charge in [-0.25, -0.2) is 9.69 Å². The lowest BCUT2D eigenvalue weighted by atomic mass is 10.1. The van der Waals surface area contributed by atoms with Gasteiger partial charge >= 0.3 is 13.7 Å². The minimum atomic E-state index is -3.66. The maximum Gasteiger partial charge on any atom is 0.417 e. The lowest BCUT2D eigenvalue weighted by Crippen LogP contribution is -2.48. The number of hydrogen-bond donors (Lipinski definition) is 0. The molecule has 0 aromatic rings. The fraction of sp³-hybridized carbons (Fsp3) is 0.800. The average molecular weight is 383 g/mol. The molecule has 122 valence electrons. The van der Waals surface area contributed by atoms with Gasteiger partial charge in [0.1, 0.15) is 12.4 Å². The standard InChI is InChI=1S/C10H15Cl3NO6P/c1-18-21(17,19-2)8-5-3-4-7(15)14(8)9(16)20-6-10(11,12)13/h8H,3-6H2,1-2H3. The van der Waals surface area contributed by atoms with Gasteiger partial charge in [-0.2, -0.15) is 0 Å². The molecule has 1 aliphatic rings. The summed E-state index contributed by atoms with van der Waals surface area (Å²) in [5.41, 5.74) is 0. The topological polar surface area (TPSA) is 82.1 Å². The van der Waals surface area contributed by atoms with Crippen LogP contribution in [-0.4, -0.2) is 47.3 Å². The number of likely N-dealkylation sites (tertiary alicyclic amines) is 1. The Morgan fingerprint density at radius 2 is 1.95 bits per heavy atom. The summed E-state index contributed by atoms with van der Waals surface area (Å²) in [6.07, 6.45) is -0.209. The maximum absolute atomic E-state index is 12.4. The predicted molar refractivity (Wildman–Crippen MR) is 77.7 cm³/mol. The van der Waals surface area contributed by atoms with E-state index in [1.54, 1.807) is 0 Å². The van der Waals surface area contributed by atoms with Crippen LogP contribution < -0.4 is 0 Å². The van der Waals surface area contributed by atoms with Crippen LogP contribution >= 0.6 is 42.4 Å². The van der Waals surface area contributed by atoms with Gasteiger partial charge in [0.15, 0.2) is 0 Å². The monoisotopic (exact) mass is 381 g/mol. The van der Waals surface area contributed by atoms with Crippen molar-refractivity contribution in [1.29, 1.82) is 0 Å². The summed E-state index contributed by atoms with van der Waals surface area (Å²) < 4.78 is 25.1. The number of nitrogens with zero attached hydrogens (tertiary/aromatic N) is 1. The molecule has 0 N–H and O–H groups in total. The Morgan fingerprint density at radius 3 is 2.43 bits per heavy atom. The van der Waals surface area contributed by atoms with Gasteiger partial charge in [-0.05, 0) is 12.8 Å². The molecule has 21 heavy (non-hydrogen) atoms. The Morgan fingerprint density at radius 1 is 1.38 bits per heavy atom. The fourth-order valence-corrected chi connectivity index (χ4v) is 3.71. The molecule has 2 amide bonds. The van der Waals surface area contributed by atoms with Gasteiger partial charge < -0.3 is 13.8 Å². The van der Waals surface area contributed by atoms with Crippen LogP contribution in [0, 0.1) is 0 Å². The molecule has 1 atom stereocenters. The zero-order valence-corrected chi connectivity index (χ0v) is 14.5. The minimum Gasteiger partial charge on any atom is -0.445 e. The van der Waals surface area contributed by atoms with Crippen molar-refractivity contribution in [2.45, 2.75) is 28.8 Å². The highest BCUT2D eigenvalue weighted by molar-refractivity contribution is 7.54. The molecule has 11 heteroatoms. The number of imide groups is 1. The molecule has 1 rings (SSSR count). The third-order valence-corrected chi connectivity index (χ3v) is 5.41. The molecule has 1 heterocycles. The molecule has 1 aliphatic heterocycles. The van der Waals surface area contributed by atoms with E-state index in [0.717, 1.165) is 0 Å². The van der Waals surface area contributed by atoms with Gasteiger partial charge in [-0.1, -0.05) is 34.8 Å². The predicted octanol–water partition coefficient (Wildman–Crippen LogP) is 3.32. The summed E-state index contributed by atoms with van der Waals surface area (Å²) in [7, 11) is -1.31. The first kappa shape index (κ1) is 19.0. The summed E-state index contributed by atoms with van der Waals surface area (Å²) in [5.74, 6) is -1.61. The van der Waals surface area contributed by atoms with Gasteiger partial charge in [0.05, 0.1) is 0 Å². The molecule has 0 aromatic carbocycles. The Labute approximate surface area is 137 Å². The van der Waals surface area contributed by atoms with Gasteiger partial charge in [0.25, 0.3) is 0 Å². The molecule has 1 fully saturated rings. The van der Waals surface area contributed by atoms with Crippen LogP contribution in [0.5, 0.6) is 0 Å². The highest BCUT2D eigenvalue weighted by atomic mass is 35.6. The van der Waals surface area contributed by atoms with E-state index < -0.39 is 35.8 Å². The van der Waals surface area contributed by atoms with Gasteiger partial charge in [-0.15, -0.1) is 0 Å². The molecule has 0 spiro atoms. The van der Waals surface area contributed by atoms with Crippen molar-refractivity contribution >= 4 is 54.4 Å². The summed E-state index contributed by atoms with van der Waals surface area (Å²) in [6.45, 7) is -0.544. The van der Waals surface area contributed by atoms with Gasteiger partial charge in [-0.3, -0.25) is 9.36 Å². The fourth-order valence-electron chi connectivity index (χ4n) is 1.91. The SMILES string of the molecule is COP(=O)(OC)C1CCCC(=O)N1C(=O)OCC(Cl)(Cl)Cl. The number of carbonyl (C=O) groups is 2. The zero-order valence-electron chi connectivity index (χ0n) is 11.4. The number of ether oxygens (including phenoxy) is 1. The summed E-state index contributed by atoms with van der Waals surface area (Å²) in [5, 5.41) is 0. The van der Waals surface area contributed by atoms with Crippen LogP contribution in [-0.2, 0) is 23.1 Å². The second kappa shape index (κ2) is 7.49. The number of halogens is 3. The Hall–Kier alpha value is -0.0400. The third kappa shape index (κ3) is 4.98. The van der Waals surface area contributed by atoms with Crippen molar-refractivity contribution in [3.63, 3.8) is 0 Å². The van der Waals surface area contributed by atoms with E-state index in [1.807, 2.05) is 0 Å². The van der Waals surface area contributed by atoms with Crippen LogP contribution in [0.15, 0.2) is 0 Å². The molecular formula is C10H15Cl3NO6P. The van der Waals surface area contributed by atoms with Crippen LogP contribution in [0.2, 0.25) is 0 Å². The highest BCUT2D eigenvalue weighted by Crippen LogP contribution is 2.55. The molecular weight excluding hydrogens is 367 g/mol. The molecule has 0 aromatic heterocycles. The van der Waals surface area contributed by atoms with Crippen LogP contribution in [0.3, 0.4) is 0 Å². The largest absolute Gasteiger partial charge is 0.445 e.